The van der Waals surface area contributed by atoms with Crippen LogP contribution in [0.3, 0.4) is 0 Å². The molecule has 0 bridgehead atoms. The second-order valence-electron chi connectivity index (χ2n) is 4.34. The van der Waals surface area contributed by atoms with E-state index < -0.39 is 4.92 Å². The Morgan fingerprint density at radius 1 is 1.45 bits per heavy atom. The summed E-state index contributed by atoms with van der Waals surface area (Å²) in [6.45, 7) is 3.66. The summed E-state index contributed by atoms with van der Waals surface area (Å²) in [5, 5.41) is 16.1. The number of hydrogen-bond donors (Lipinski definition) is 1. The molecular weight excluding hydrogens is 278 g/mol. The first-order chi connectivity index (χ1) is 9.45. The van der Waals surface area contributed by atoms with Crippen LogP contribution in [-0.4, -0.2) is 15.8 Å². The number of carbonyl (C=O) groups is 1. The van der Waals surface area contributed by atoms with E-state index in [2.05, 4.69) is 10.3 Å². The van der Waals surface area contributed by atoms with Gasteiger partial charge >= 0.3 is 0 Å². The van der Waals surface area contributed by atoms with Crippen molar-refractivity contribution >= 4 is 28.6 Å². The molecular formula is C13H13N3O3S. The maximum Gasteiger partial charge on any atom is 0.271 e. The molecule has 1 aromatic heterocycles. The lowest BCUT2D eigenvalue weighted by molar-refractivity contribution is -0.384. The van der Waals surface area contributed by atoms with Gasteiger partial charge in [0.25, 0.3) is 5.69 Å². The van der Waals surface area contributed by atoms with Gasteiger partial charge in [0.2, 0.25) is 5.91 Å². The number of thiazole rings is 1. The van der Waals surface area contributed by atoms with Crippen LogP contribution in [-0.2, 0) is 11.2 Å². The standard InChI is InChI=1S/C13H13N3O3S/c1-8-3-4-11(16(18)19)6-12(8)15-13(17)5-10-7-20-9(2)14-10/h3-4,6-7H,5H2,1-2H3,(H,15,17). The number of nitro groups is 1. The molecule has 0 unspecified atom stereocenters. The van der Waals surface area contributed by atoms with E-state index in [0.717, 1.165) is 10.6 Å². The van der Waals surface area contributed by atoms with Gasteiger partial charge in [-0.2, -0.15) is 0 Å². The van der Waals surface area contributed by atoms with Gasteiger partial charge < -0.3 is 5.32 Å². The molecule has 104 valence electrons. The smallest absolute Gasteiger partial charge is 0.271 e. The van der Waals surface area contributed by atoms with E-state index in [1.54, 1.807) is 13.0 Å². The zero-order chi connectivity index (χ0) is 14.7. The molecule has 2 aromatic rings. The molecule has 0 saturated carbocycles. The van der Waals surface area contributed by atoms with Gasteiger partial charge in [0.1, 0.15) is 0 Å². The molecule has 0 aliphatic heterocycles. The molecule has 0 aliphatic rings. The minimum Gasteiger partial charge on any atom is -0.325 e. The van der Waals surface area contributed by atoms with E-state index in [-0.39, 0.29) is 18.0 Å². The molecule has 0 saturated heterocycles. The molecule has 1 aromatic carbocycles. The van der Waals surface area contributed by atoms with E-state index in [9.17, 15) is 14.9 Å². The van der Waals surface area contributed by atoms with E-state index in [1.807, 2.05) is 12.3 Å². The van der Waals surface area contributed by atoms with Crippen molar-refractivity contribution in [1.29, 1.82) is 0 Å². The minimum atomic E-state index is -0.487. The van der Waals surface area contributed by atoms with Gasteiger partial charge in [0.05, 0.1) is 27.7 Å². The first-order valence-corrected chi connectivity index (χ1v) is 6.79. The van der Waals surface area contributed by atoms with Gasteiger partial charge in [0, 0.05) is 17.5 Å². The van der Waals surface area contributed by atoms with E-state index in [0.29, 0.717) is 11.4 Å². The number of aryl methyl sites for hydroxylation is 2. The van der Waals surface area contributed by atoms with Crippen molar-refractivity contribution in [3.05, 3.63) is 50.0 Å². The minimum absolute atomic E-state index is 0.0459. The van der Waals surface area contributed by atoms with Crippen LogP contribution in [0.15, 0.2) is 23.6 Å². The van der Waals surface area contributed by atoms with Gasteiger partial charge in [-0.25, -0.2) is 4.98 Å². The Balaban J connectivity index is 2.11. The van der Waals surface area contributed by atoms with Crippen LogP contribution in [0.4, 0.5) is 11.4 Å². The molecule has 0 spiro atoms. The summed E-state index contributed by atoms with van der Waals surface area (Å²) >= 11 is 1.48. The van der Waals surface area contributed by atoms with Crippen LogP contribution in [0.1, 0.15) is 16.3 Å². The van der Waals surface area contributed by atoms with E-state index in [1.165, 1.54) is 23.5 Å². The van der Waals surface area contributed by atoms with Gasteiger partial charge in [-0.3, -0.25) is 14.9 Å². The normalized spacial score (nSPS) is 10.3. The molecule has 7 heteroatoms. The highest BCUT2D eigenvalue weighted by atomic mass is 32.1. The number of non-ortho nitro benzene ring substituents is 1. The Labute approximate surface area is 119 Å². The Bertz CT molecular complexity index is 667. The molecule has 0 fully saturated rings. The Kier molecular flexibility index (Phi) is 4.09. The second-order valence-corrected chi connectivity index (χ2v) is 5.40. The Hall–Kier alpha value is -2.28. The zero-order valence-corrected chi connectivity index (χ0v) is 11.9. The molecule has 1 heterocycles. The van der Waals surface area contributed by atoms with Crippen molar-refractivity contribution in [2.45, 2.75) is 20.3 Å². The van der Waals surface area contributed by atoms with Crippen LogP contribution < -0.4 is 5.32 Å². The van der Waals surface area contributed by atoms with Crippen LogP contribution in [0.5, 0.6) is 0 Å². The van der Waals surface area contributed by atoms with Crippen LogP contribution in [0.2, 0.25) is 0 Å². The molecule has 0 radical (unpaired) electrons. The predicted molar refractivity (Wildman–Crippen MR) is 77.0 cm³/mol. The monoisotopic (exact) mass is 291 g/mol. The number of aromatic nitrogens is 1. The summed E-state index contributed by atoms with van der Waals surface area (Å²) in [5.41, 5.74) is 1.89. The van der Waals surface area contributed by atoms with Gasteiger partial charge in [-0.15, -0.1) is 11.3 Å². The summed E-state index contributed by atoms with van der Waals surface area (Å²) in [7, 11) is 0. The highest BCUT2D eigenvalue weighted by Crippen LogP contribution is 2.22. The first kappa shape index (κ1) is 14.1. The fraction of sp³-hybridized carbons (Fsp3) is 0.231. The zero-order valence-electron chi connectivity index (χ0n) is 11.0. The molecule has 0 atom stereocenters. The molecule has 1 amide bonds. The number of hydrogen-bond acceptors (Lipinski definition) is 5. The number of nitrogens with one attached hydrogen (secondary N) is 1. The topological polar surface area (TPSA) is 85.1 Å². The maximum atomic E-state index is 11.9. The molecule has 0 aliphatic carbocycles. The average Bonchev–Trinajstić information content (AvgIpc) is 2.77. The van der Waals surface area contributed by atoms with Gasteiger partial charge in [-0.1, -0.05) is 6.07 Å². The number of nitro benzene ring substituents is 1. The molecule has 2 rings (SSSR count). The second kappa shape index (κ2) is 5.79. The lowest BCUT2D eigenvalue weighted by atomic mass is 10.1. The number of rotatable bonds is 4. The number of anilines is 1. The largest absolute Gasteiger partial charge is 0.325 e. The fourth-order valence-electron chi connectivity index (χ4n) is 1.71. The molecule has 20 heavy (non-hydrogen) atoms. The fourth-order valence-corrected chi connectivity index (χ4v) is 2.32. The van der Waals surface area contributed by atoms with E-state index in [4.69, 9.17) is 0 Å². The third-order valence-electron chi connectivity index (χ3n) is 2.71. The number of carbonyl (C=O) groups excluding carboxylic acids is 1. The van der Waals surface area contributed by atoms with Crippen LogP contribution in [0, 0.1) is 24.0 Å². The Morgan fingerprint density at radius 2 is 2.20 bits per heavy atom. The lowest BCUT2D eigenvalue weighted by Crippen LogP contribution is -2.15. The summed E-state index contributed by atoms with van der Waals surface area (Å²) in [6, 6.07) is 4.38. The summed E-state index contributed by atoms with van der Waals surface area (Å²) in [4.78, 5) is 26.4. The van der Waals surface area contributed by atoms with Gasteiger partial charge in [-0.05, 0) is 19.4 Å². The van der Waals surface area contributed by atoms with Crippen molar-refractivity contribution in [1.82, 2.24) is 4.98 Å². The predicted octanol–water partition coefficient (Wildman–Crippen LogP) is 2.85. The van der Waals surface area contributed by atoms with Crippen molar-refractivity contribution < 1.29 is 9.72 Å². The highest BCUT2D eigenvalue weighted by molar-refractivity contribution is 7.09. The highest BCUT2D eigenvalue weighted by Gasteiger charge is 2.12. The van der Waals surface area contributed by atoms with Crippen molar-refractivity contribution in [2.24, 2.45) is 0 Å². The quantitative estimate of drug-likeness (QED) is 0.693. The van der Waals surface area contributed by atoms with Crippen molar-refractivity contribution in [3.8, 4) is 0 Å². The van der Waals surface area contributed by atoms with Crippen LogP contribution in [0.25, 0.3) is 0 Å². The number of amides is 1. The third-order valence-corrected chi connectivity index (χ3v) is 3.54. The SMILES string of the molecule is Cc1nc(CC(=O)Nc2cc([N+](=O)[O-])ccc2C)cs1. The van der Waals surface area contributed by atoms with Crippen molar-refractivity contribution in [2.75, 3.05) is 5.32 Å². The average molecular weight is 291 g/mol. The lowest BCUT2D eigenvalue weighted by Gasteiger charge is -2.07. The third kappa shape index (κ3) is 3.39. The van der Waals surface area contributed by atoms with E-state index >= 15 is 0 Å². The molecule has 6 nitrogen and oxygen atoms in total. The maximum absolute atomic E-state index is 11.9. The molecule has 1 N–H and O–H groups in total. The van der Waals surface area contributed by atoms with Gasteiger partial charge in [0.15, 0.2) is 0 Å². The number of nitrogens with zero attached hydrogens (tertiary/aromatic N) is 2. The summed E-state index contributed by atoms with van der Waals surface area (Å²) in [5.74, 6) is -0.237. The van der Waals surface area contributed by atoms with Crippen molar-refractivity contribution in [3.63, 3.8) is 0 Å². The number of benzene rings is 1. The first-order valence-electron chi connectivity index (χ1n) is 5.91. The Morgan fingerprint density at radius 3 is 2.80 bits per heavy atom. The summed E-state index contributed by atoms with van der Waals surface area (Å²) in [6.07, 6.45) is 0.159. The van der Waals surface area contributed by atoms with Crippen LogP contribution >= 0.6 is 11.3 Å². The summed E-state index contributed by atoms with van der Waals surface area (Å²) < 4.78 is 0.